The Kier molecular flexibility index (Phi) is 6.33. The predicted octanol–water partition coefficient (Wildman–Crippen LogP) is 5.70. The summed E-state index contributed by atoms with van der Waals surface area (Å²) in [4.78, 5) is 25.4. The van der Waals surface area contributed by atoms with Crippen molar-refractivity contribution in [2.45, 2.75) is 5.75 Å². The molecule has 7 heteroatoms. The molecule has 31 heavy (non-hydrogen) atoms. The van der Waals surface area contributed by atoms with E-state index in [-0.39, 0.29) is 17.4 Å². The van der Waals surface area contributed by atoms with Gasteiger partial charge >= 0.3 is 0 Å². The lowest BCUT2D eigenvalue weighted by Gasteiger charge is -2.08. The largest absolute Gasteiger partial charge is 0.449 e. The number of rotatable bonds is 7. The van der Waals surface area contributed by atoms with Gasteiger partial charge in [0.05, 0.1) is 5.75 Å². The first kappa shape index (κ1) is 20.7. The summed E-state index contributed by atoms with van der Waals surface area (Å²) in [5, 5.41) is 6.04. The SMILES string of the molecule is O=C(CSCc1ccccc1)Nc1c(C(=O)Nc2cccc(F)c2)oc2ccccc12. The van der Waals surface area contributed by atoms with Gasteiger partial charge in [-0.3, -0.25) is 9.59 Å². The molecule has 0 aliphatic heterocycles. The predicted molar refractivity (Wildman–Crippen MR) is 122 cm³/mol. The van der Waals surface area contributed by atoms with Crippen LogP contribution in [0.4, 0.5) is 15.8 Å². The van der Waals surface area contributed by atoms with E-state index < -0.39 is 11.7 Å². The Bertz CT molecular complexity index is 1220. The van der Waals surface area contributed by atoms with Crippen LogP contribution in [0.2, 0.25) is 0 Å². The van der Waals surface area contributed by atoms with E-state index in [1.807, 2.05) is 30.3 Å². The van der Waals surface area contributed by atoms with Gasteiger partial charge in [0.15, 0.2) is 0 Å². The van der Waals surface area contributed by atoms with E-state index in [1.54, 1.807) is 30.3 Å². The van der Waals surface area contributed by atoms with Crippen molar-refractivity contribution in [3.63, 3.8) is 0 Å². The van der Waals surface area contributed by atoms with Crippen LogP contribution in [0.25, 0.3) is 11.0 Å². The number of thioether (sulfide) groups is 1. The molecule has 0 aliphatic carbocycles. The van der Waals surface area contributed by atoms with Gasteiger partial charge in [-0.2, -0.15) is 0 Å². The van der Waals surface area contributed by atoms with Crippen molar-refractivity contribution in [3.8, 4) is 0 Å². The zero-order valence-corrected chi connectivity index (χ0v) is 17.2. The zero-order chi connectivity index (χ0) is 21.6. The Morgan fingerprint density at radius 1 is 0.903 bits per heavy atom. The van der Waals surface area contributed by atoms with Crippen LogP contribution in [0.5, 0.6) is 0 Å². The molecular formula is C24H19FN2O3S. The van der Waals surface area contributed by atoms with Crippen molar-refractivity contribution < 1.29 is 18.4 Å². The summed E-state index contributed by atoms with van der Waals surface area (Å²) in [6.07, 6.45) is 0. The van der Waals surface area contributed by atoms with Crippen LogP contribution in [0, 0.1) is 5.82 Å². The number of carbonyl (C=O) groups excluding carboxylic acids is 2. The normalized spacial score (nSPS) is 10.7. The first-order chi connectivity index (χ1) is 15.1. The number of hydrogen-bond donors (Lipinski definition) is 2. The summed E-state index contributed by atoms with van der Waals surface area (Å²) in [6.45, 7) is 0. The molecule has 0 saturated heterocycles. The number of para-hydroxylation sites is 1. The smallest absolute Gasteiger partial charge is 0.293 e. The highest BCUT2D eigenvalue weighted by molar-refractivity contribution is 7.99. The van der Waals surface area contributed by atoms with Crippen LogP contribution >= 0.6 is 11.8 Å². The molecule has 156 valence electrons. The lowest BCUT2D eigenvalue weighted by atomic mass is 10.2. The second-order valence-corrected chi connectivity index (χ2v) is 7.78. The number of carbonyl (C=O) groups is 2. The number of halogens is 1. The molecule has 2 amide bonds. The second kappa shape index (κ2) is 9.49. The second-order valence-electron chi connectivity index (χ2n) is 6.79. The first-order valence-corrected chi connectivity index (χ1v) is 10.8. The molecule has 0 saturated carbocycles. The lowest BCUT2D eigenvalue weighted by molar-refractivity contribution is -0.113. The molecule has 3 aromatic carbocycles. The van der Waals surface area contributed by atoms with Gasteiger partial charge in [-0.25, -0.2) is 4.39 Å². The summed E-state index contributed by atoms with van der Waals surface area (Å²) in [5.74, 6) is -0.397. The molecule has 1 heterocycles. The summed E-state index contributed by atoms with van der Waals surface area (Å²) in [5.41, 5.74) is 2.19. The number of fused-ring (bicyclic) bond motifs is 1. The third-order valence-electron chi connectivity index (χ3n) is 4.49. The molecule has 0 unspecified atom stereocenters. The van der Waals surface area contributed by atoms with Crippen LogP contribution in [-0.4, -0.2) is 17.6 Å². The van der Waals surface area contributed by atoms with Gasteiger partial charge in [0.1, 0.15) is 17.1 Å². The Morgan fingerprint density at radius 3 is 2.48 bits per heavy atom. The molecule has 4 aromatic rings. The fourth-order valence-corrected chi connectivity index (χ4v) is 3.88. The number of amides is 2. The zero-order valence-electron chi connectivity index (χ0n) is 16.4. The van der Waals surface area contributed by atoms with E-state index >= 15 is 0 Å². The van der Waals surface area contributed by atoms with Gasteiger partial charge in [-0.1, -0.05) is 48.5 Å². The fourth-order valence-electron chi connectivity index (χ4n) is 3.09. The summed E-state index contributed by atoms with van der Waals surface area (Å²) in [7, 11) is 0. The van der Waals surface area contributed by atoms with E-state index in [2.05, 4.69) is 10.6 Å². The average molecular weight is 434 g/mol. The quantitative estimate of drug-likeness (QED) is 0.392. The molecule has 0 aliphatic rings. The maximum atomic E-state index is 13.4. The number of furan rings is 1. The van der Waals surface area contributed by atoms with Gasteiger partial charge in [0.25, 0.3) is 5.91 Å². The average Bonchev–Trinajstić information content (AvgIpc) is 3.13. The summed E-state index contributed by atoms with van der Waals surface area (Å²) >= 11 is 1.48. The third-order valence-corrected chi connectivity index (χ3v) is 5.50. The van der Waals surface area contributed by atoms with E-state index in [1.165, 1.54) is 30.0 Å². The molecule has 0 fully saturated rings. The molecule has 4 rings (SSSR count). The van der Waals surface area contributed by atoms with Crippen molar-refractivity contribution in [1.29, 1.82) is 0 Å². The van der Waals surface area contributed by atoms with Crippen molar-refractivity contribution >= 4 is 45.9 Å². The molecular weight excluding hydrogens is 415 g/mol. The van der Waals surface area contributed by atoms with E-state index in [9.17, 15) is 14.0 Å². The van der Waals surface area contributed by atoms with Crippen LogP contribution in [0.15, 0.2) is 83.3 Å². The molecule has 0 bridgehead atoms. The maximum absolute atomic E-state index is 13.4. The minimum Gasteiger partial charge on any atom is -0.449 e. The molecule has 0 spiro atoms. The Hall–Kier alpha value is -3.58. The highest BCUT2D eigenvalue weighted by Crippen LogP contribution is 2.31. The van der Waals surface area contributed by atoms with Crippen molar-refractivity contribution in [3.05, 3.63) is 96.0 Å². The Labute approximate surface area is 182 Å². The van der Waals surface area contributed by atoms with Crippen LogP contribution in [0.3, 0.4) is 0 Å². The van der Waals surface area contributed by atoms with Crippen molar-refractivity contribution in [2.75, 3.05) is 16.4 Å². The standard InChI is InChI=1S/C24H19FN2O3S/c25-17-9-6-10-18(13-17)26-24(29)23-22(19-11-4-5-12-20(19)30-23)27-21(28)15-31-14-16-7-2-1-3-8-16/h1-13H,14-15H2,(H,26,29)(H,27,28). The summed E-state index contributed by atoms with van der Waals surface area (Å²) in [6, 6.07) is 22.5. The van der Waals surface area contributed by atoms with Crippen LogP contribution < -0.4 is 10.6 Å². The number of anilines is 2. The highest BCUT2D eigenvalue weighted by Gasteiger charge is 2.22. The van der Waals surface area contributed by atoms with Crippen LogP contribution in [0.1, 0.15) is 16.1 Å². The van der Waals surface area contributed by atoms with Gasteiger partial charge < -0.3 is 15.1 Å². The topological polar surface area (TPSA) is 71.3 Å². The van der Waals surface area contributed by atoms with Gasteiger partial charge in [-0.05, 0) is 35.9 Å². The summed E-state index contributed by atoms with van der Waals surface area (Å²) < 4.78 is 19.2. The van der Waals surface area contributed by atoms with E-state index in [0.29, 0.717) is 28.1 Å². The minimum atomic E-state index is -0.575. The molecule has 0 radical (unpaired) electrons. The highest BCUT2D eigenvalue weighted by atomic mass is 32.2. The molecule has 2 N–H and O–H groups in total. The number of benzene rings is 3. The number of nitrogens with one attached hydrogen (secondary N) is 2. The lowest BCUT2D eigenvalue weighted by Crippen LogP contribution is -2.18. The Balaban J connectivity index is 1.50. The number of hydrogen-bond acceptors (Lipinski definition) is 4. The molecule has 1 aromatic heterocycles. The third kappa shape index (κ3) is 5.13. The fraction of sp³-hybridized carbons (Fsp3) is 0.0833. The Morgan fingerprint density at radius 2 is 1.68 bits per heavy atom. The van der Waals surface area contributed by atoms with Gasteiger partial charge in [0, 0.05) is 16.8 Å². The van der Waals surface area contributed by atoms with Crippen molar-refractivity contribution in [2.24, 2.45) is 0 Å². The van der Waals surface area contributed by atoms with Gasteiger partial charge in [-0.15, -0.1) is 11.8 Å². The maximum Gasteiger partial charge on any atom is 0.293 e. The molecule has 0 atom stereocenters. The monoisotopic (exact) mass is 434 g/mol. The first-order valence-electron chi connectivity index (χ1n) is 9.60. The van der Waals surface area contributed by atoms with Crippen molar-refractivity contribution in [1.82, 2.24) is 0 Å². The van der Waals surface area contributed by atoms with E-state index in [4.69, 9.17) is 4.42 Å². The van der Waals surface area contributed by atoms with Gasteiger partial charge in [0.2, 0.25) is 11.7 Å². The molecule has 5 nitrogen and oxygen atoms in total. The van der Waals surface area contributed by atoms with E-state index in [0.717, 1.165) is 5.56 Å². The van der Waals surface area contributed by atoms with Crippen LogP contribution in [-0.2, 0) is 10.5 Å². The minimum absolute atomic E-state index is 0.0353.